The summed E-state index contributed by atoms with van der Waals surface area (Å²) in [5.74, 6) is -1.01. The van der Waals surface area contributed by atoms with Gasteiger partial charge in [0.15, 0.2) is 0 Å². The van der Waals surface area contributed by atoms with Gasteiger partial charge in [0.05, 0.1) is 6.10 Å². The number of nitrogens with one attached hydrogen (secondary N) is 2. The van der Waals surface area contributed by atoms with Crippen LogP contribution in [0.2, 0.25) is 0 Å². The summed E-state index contributed by atoms with van der Waals surface area (Å²) >= 11 is 0. The van der Waals surface area contributed by atoms with E-state index in [0.29, 0.717) is 6.42 Å². The summed E-state index contributed by atoms with van der Waals surface area (Å²) in [6.45, 7) is 1.72. The van der Waals surface area contributed by atoms with Gasteiger partial charge in [0.2, 0.25) is 0 Å². The molecule has 0 aromatic heterocycles. The molecule has 98 valence electrons. The molecule has 6 nitrogen and oxygen atoms in total. The lowest BCUT2D eigenvalue weighted by atomic mass is 10.2. The van der Waals surface area contributed by atoms with Gasteiger partial charge in [0.25, 0.3) is 0 Å². The molecular formula is C11H20N2O4. The minimum Gasteiger partial charge on any atom is -0.480 e. The lowest BCUT2D eigenvalue weighted by Crippen LogP contribution is -2.48. The van der Waals surface area contributed by atoms with Gasteiger partial charge in [0, 0.05) is 13.2 Å². The van der Waals surface area contributed by atoms with E-state index >= 15 is 0 Å². The molecule has 6 heteroatoms. The summed E-state index contributed by atoms with van der Waals surface area (Å²) in [6, 6.07) is -1.16. The summed E-state index contributed by atoms with van der Waals surface area (Å²) in [5.41, 5.74) is 0. The standard InChI is InChI=1S/C11H20N2O4/c1-3-9(10(14)15)13-11(16)12-7-4-5-8(6-7)17-2/h7-9H,3-6H2,1-2H3,(H,14,15)(H2,12,13,16)/t7?,8?,9-/m1/s1. The molecule has 0 aromatic carbocycles. The summed E-state index contributed by atoms with van der Waals surface area (Å²) in [5, 5.41) is 14.0. The molecular weight excluding hydrogens is 224 g/mol. The molecule has 0 saturated heterocycles. The van der Waals surface area contributed by atoms with Gasteiger partial charge in [-0.2, -0.15) is 0 Å². The average Bonchev–Trinajstić information content (AvgIpc) is 2.73. The first kappa shape index (κ1) is 13.8. The van der Waals surface area contributed by atoms with Gasteiger partial charge in [-0.05, 0) is 25.7 Å². The van der Waals surface area contributed by atoms with Crippen molar-refractivity contribution in [3.05, 3.63) is 0 Å². The van der Waals surface area contributed by atoms with Crippen molar-refractivity contribution in [3.63, 3.8) is 0 Å². The van der Waals surface area contributed by atoms with Crippen molar-refractivity contribution in [1.82, 2.24) is 10.6 Å². The predicted molar refractivity (Wildman–Crippen MR) is 61.8 cm³/mol. The minimum atomic E-state index is -1.01. The number of amides is 2. The zero-order chi connectivity index (χ0) is 12.8. The lowest BCUT2D eigenvalue weighted by molar-refractivity contribution is -0.139. The highest BCUT2D eigenvalue weighted by Crippen LogP contribution is 2.21. The van der Waals surface area contributed by atoms with E-state index in [9.17, 15) is 9.59 Å². The van der Waals surface area contributed by atoms with Crippen LogP contribution in [-0.4, -0.2) is 42.4 Å². The Bertz CT molecular complexity index is 283. The first-order valence-electron chi connectivity index (χ1n) is 5.89. The number of methoxy groups -OCH3 is 1. The quantitative estimate of drug-likeness (QED) is 0.665. The third kappa shape index (κ3) is 4.22. The van der Waals surface area contributed by atoms with Crippen molar-refractivity contribution in [3.8, 4) is 0 Å². The highest BCUT2D eigenvalue weighted by atomic mass is 16.5. The maximum Gasteiger partial charge on any atom is 0.326 e. The first-order chi connectivity index (χ1) is 8.06. The summed E-state index contributed by atoms with van der Waals surface area (Å²) in [7, 11) is 1.66. The van der Waals surface area contributed by atoms with Crippen LogP contribution in [0.1, 0.15) is 32.6 Å². The fourth-order valence-electron chi connectivity index (χ4n) is 2.01. The summed E-state index contributed by atoms with van der Waals surface area (Å²) in [6.07, 6.45) is 3.15. The molecule has 2 unspecified atom stereocenters. The molecule has 0 aliphatic heterocycles. The van der Waals surface area contributed by atoms with E-state index < -0.39 is 18.0 Å². The van der Waals surface area contributed by atoms with Crippen LogP contribution in [0, 0.1) is 0 Å². The molecule has 0 bridgehead atoms. The lowest BCUT2D eigenvalue weighted by Gasteiger charge is -2.16. The Morgan fingerprint density at radius 2 is 2.18 bits per heavy atom. The molecule has 1 fully saturated rings. The summed E-state index contributed by atoms with van der Waals surface area (Å²) in [4.78, 5) is 22.3. The Kier molecular flexibility index (Phi) is 5.21. The number of rotatable bonds is 5. The van der Waals surface area contributed by atoms with Crippen LogP contribution in [0.25, 0.3) is 0 Å². The maximum atomic E-state index is 11.5. The van der Waals surface area contributed by atoms with Crippen LogP contribution in [-0.2, 0) is 9.53 Å². The van der Waals surface area contributed by atoms with Gasteiger partial charge >= 0.3 is 12.0 Å². The Morgan fingerprint density at radius 3 is 2.65 bits per heavy atom. The Hall–Kier alpha value is -1.30. The Morgan fingerprint density at radius 1 is 1.47 bits per heavy atom. The van der Waals surface area contributed by atoms with E-state index in [2.05, 4.69) is 10.6 Å². The minimum absolute atomic E-state index is 0.0752. The molecule has 1 aliphatic carbocycles. The van der Waals surface area contributed by atoms with Crippen molar-refractivity contribution < 1.29 is 19.4 Å². The smallest absolute Gasteiger partial charge is 0.326 e. The molecule has 1 rings (SSSR count). The largest absolute Gasteiger partial charge is 0.480 e. The van der Waals surface area contributed by atoms with Gasteiger partial charge in [-0.3, -0.25) is 0 Å². The molecule has 1 aliphatic rings. The average molecular weight is 244 g/mol. The number of carbonyl (C=O) groups is 2. The molecule has 0 heterocycles. The molecule has 3 atom stereocenters. The van der Waals surface area contributed by atoms with Crippen molar-refractivity contribution in [2.75, 3.05) is 7.11 Å². The monoisotopic (exact) mass is 244 g/mol. The highest BCUT2D eigenvalue weighted by Gasteiger charge is 2.26. The Balaban J connectivity index is 2.32. The number of ether oxygens (including phenoxy) is 1. The van der Waals surface area contributed by atoms with Crippen LogP contribution >= 0.6 is 0 Å². The van der Waals surface area contributed by atoms with Gasteiger partial charge in [0.1, 0.15) is 6.04 Å². The third-order valence-corrected chi connectivity index (χ3v) is 3.06. The van der Waals surface area contributed by atoms with Gasteiger partial charge in [-0.1, -0.05) is 6.92 Å². The molecule has 17 heavy (non-hydrogen) atoms. The first-order valence-corrected chi connectivity index (χ1v) is 5.89. The number of carbonyl (C=O) groups excluding carboxylic acids is 1. The number of hydrogen-bond donors (Lipinski definition) is 3. The van der Waals surface area contributed by atoms with Crippen molar-refractivity contribution in [2.45, 2.75) is 50.8 Å². The number of hydrogen-bond acceptors (Lipinski definition) is 3. The maximum absolute atomic E-state index is 11.5. The molecule has 2 amide bonds. The van der Waals surface area contributed by atoms with Crippen LogP contribution in [0.15, 0.2) is 0 Å². The van der Waals surface area contributed by atoms with E-state index in [1.165, 1.54) is 0 Å². The molecule has 0 radical (unpaired) electrons. The third-order valence-electron chi connectivity index (χ3n) is 3.06. The molecule has 0 spiro atoms. The zero-order valence-electron chi connectivity index (χ0n) is 10.2. The molecule has 3 N–H and O–H groups in total. The summed E-state index contributed by atoms with van der Waals surface area (Å²) < 4.78 is 5.20. The Labute approximate surface area is 101 Å². The normalized spacial score (nSPS) is 25.3. The van der Waals surface area contributed by atoms with Crippen LogP contribution in [0.4, 0.5) is 4.79 Å². The second kappa shape index (κ2) is 6.44. The topological polar surface area (TPSA) is 87.7 Å². The van der Waals surface area contributed by atoms with Crippen LogP contribution < -0.4 is 10.6 Å². The van der Waals surface area contributed by atoms with Crippen LogP contribution in [0.3, 0.4) is 0 Å². The van der Waals surface area contributed by atoms with Crippen molar-refractivity contribution in [1.29, 1.82) is 0 Å². The second-order valence-electron chi connectivity index (χ2n) is 4.28. The number of carboxylic acids is 1. The fraction of sp³-hybridized carbons (Fsp3) is 0.818. The van der Waals surface area contributed by atoms with E-state index in [-0.39, 0.29) is 12.1 Å². The van der Waals surface area contributed by atoms with Gasteiger partial charge in [-0.25, -0.2) is 9.59 Å². The highest BCUT2D eigenvalue weighted by molar-refractivity contribution is 5.82. The van der Waals surface area contributed by atoms with Crippen molar-refractivity contribution >= 4 is 12.0 Å². The number of carboxylic acid groups (broad SMARTS) is 1. The van der Waals surface area contributed by atoms with Gasteiger partial charge < -0.3 is 20.5 Å². The number of aliphatic carboxylic acids is 1. The van der Waals surface area contributed by atoms with Gasteiger partial charge in [-0.15, -0.1) is 0 Å². The molecule has 1 saturated carbocycles. The molecule has 0 aromatic rings. The predicted octanol–water partition coefficient (Wildman–Crippen LogP) is 0.716. The SMILES string of the molecule is CC[C@@H](NC(=O)NC1CCC(OC)C1)C(=O)O. The fourth-order valence-corrected chi connectivity index (χ4v) is 2.01. The van der Waals surface area contributed by atoms with E-state index in [0.717, 1.165) is 19.3 Å². The zero-order valence-corrected chi connectivity index (χ0v) is 10.2. The van der Waals surface area contributed by atoms with E-state index in [4.69, 9.17) is 9.84 Å². The van der Waals surface area contributed by atoms with Crippen LogP contribution in [0.5, 0.6) is 0 Å². The van der Waals surface area contributed by atoms with E-state index in [1.807, 2.05) is 0 Å². The number of urea groups is 1. The second-order valence-corrected chi connectivity index (χ2v) is 4.28. The van der Waals surface area contributed by atoms with E-state index in [1.54, 1.807) is 14.0 Å². The van der Waals surface area contributed by atoms with Crippen molar-refractivity contribution in [2.24, 2.45) is 0 Å².